The van der Waals surface area contributed by atoms with Gasteiger partial charge >= 0.3 is 0 Å². The summed E-state index contributed by atoms with van der Waals surface area (Å²) < 4.78 is 0. The molecule has 1 heterocycles. The van der Waals surface area contributed by atoms with Crippen LogP contribution in [0.4, 0.5) is 11.4 Å². The van der Waals surface area contributed by atoms with Gasteiger partial charge in [0.15, 0.2) is 0 Å². The van der Waals surface area contributed by atoms with Crippen LogP contribution >= 0.6 is 0 Å². The standard InChI is InChI=1S/C17H19N3O2.C7H7NO/c1-12-9-14(10-18)20(11-12)16(22)17(7-8-17)15(21)19-13-5-3-2-4-6-13;9-6-8-7-4-2-1-3-5-7/h2-6,12,14H,7-9,11H2,1H3,(H,19,21);1-6H,(H,8,9). The molecule has 160 valence electrons. The Hall–Kier alpha value is -3.66. The molecule has 2 N–H and O–H groups in total. The number of hydrogen-bond donors (Lipinski definition) is 2. The molecule has 31 heavy (non-hydrogen) atoms. The number of nitriles is 1. The van der Waals surface area contributed by atoms with Gasteiger partial charge in [-0.25, -0.2) is 0 Å². The van der Waals surface area contributed by atoms with Gasteiger partial charge in [0.05, 0.1) is 6.07 Å². The van der Waals surface area contributed by atoms with Gasteiger partial charge in [-0.05, 0) is 49.4 Å². The van der Waals surface area contributed by atoms with Crippen LogP contribution in [0.1, 0.15) is 26.2 Å². The summed E-state index contributed by atoms with van der Waals surface area (Å²) in [5.41, 5.74) is 0.556. The minimum Gasteiger partial charge on any atom is -0.329 e. The van der Waals surface area contributed by atoms with E-state index >= 15 is 0 Å². The van der Waals surface area contributed by atoms with Crippen molar-refractivity contribution in [1.29, 1.82) is 5.26 Å². The summed E-state index contributed by atoms with van der Waals surface area (Å²) in [4.78, 5) is 36.8. The number of carbonyl (C=O) groups excluding carboxylic acids is 3. The van der Waals surface area contributed by atoms with Gasteiger partial charge in [-0.2, -0.15) is 5.26 Å². The van der Waals surface area contributed by atoms with E-state index in [2.05, 4.69) is 16.7 Å². The van der Waals surface area contributed by atoms with Crippen LogP contribution in [0.5, 0.6) is 0 Å². The number of likely N-dealkylation sites (tertiary alicyclic amines) is 1. The maximum Gasteiger partial charge on any atom is 0.240 e. The number of amides is 3. The quantitative estimate of drug-likeness (QED) is 0.574. The molecule has 2 fully saturated rings. The first kappa shape index (κ1) is 22.0. The second-order valence-electron chi connectivity index (χ2n) is 7.97. The van der Waals surface area contributed by atoms with E-state index in [9.17, 15) is 19.6 Å². The number of hydrogen-bond acceptors (Lipinski definition) is 4. The highest BCUT2D eigenvalue weighted by Crippen LogP contribution is 2.49. The molecule has 0 radical (unpaired) electrons. The first-order valence-corrected chi connectivity index (χ1v) is 10.3. The van der Waals surface area contributed by atoms with E-state index in [0.29, 0.717) is 43.8 Å². The van der Waals surface area contributed by atoms with E-state index in [1.165, 1.54) is 0 Å². The van der Waals surface area contributed by atoms with Crippen molar-refractivity contribution in [3.63, 3.8) is 0 Å². The molecule has 1 aliphatic carbocycles. The van der Waals surface area contributed by atoms with Crippen LogP contribution in [-0.2, 0) is 14.4 Å². The highest BCUT2D eigenvalue weighted by Gasteiger charge is 2.59. The second kappa shape index (κ2) is 9.90. The van der Waals surface area contributed by atoms with Gasteiger partial charge in [-0.1, -0.05) is 43.3 Å². The van der Waals surface area contributed by atoms with Crippen molar-refractivity contribution in [1.82, 2.24) is 4.90 Å². The topological polar surface area (TPSA) is 102 Å². The maximum absolute atomic E-state index is 12.8. The Kier molecular flexibility index (Phi) is 7.03. The fraction of sp³-hybridized carbons (Fsp3) is 0.333. The zero-order valence-electron chi connectivity index (χ0n) is 17.5. The first-order valence-electron chi connectivity index (χ1n) is 10.3. The lowest BCUT2D eigenvalue weighted by Crippen LogP contribution is -2.45. The Morgan fingerprint density at radius 3 is 2.16 bits per heavy atom. The van der Waals surface area contributed by atoms with Crippen LogP contribution in [0, 0.1) is 22.7 Å². The molecular weight excluding hydrogens is 392 g/mol. The van der Waals surface area contributed by atoms with Crippen LogP contribution in [0.3, 0.4) is 0 Å². The summed E-state index contributed by atoms with van der Waals surface area (Å²) in [6, 6.07) is 20.2. The lowest BCUT2D eigenvalue weighted by Gasteiger charge is -2.25. The summed E-state index contributed by atoms with van der Waals surface area (Å²) >= 11 is 0. The van der Waals surface area contributed by atoms with Gasteiger partial charge in [-0.15, -0.1) is 0 Å². The molecule has 0 spiro atoms. The van der Waals surface area contributed by atoms with E-state index in [1.54, 1.807) is 17.0 Å². The van der Waals surface area contributed by atoms with E-state index in [0.717, 1.165) is 5.69 Å². The van der Waals surface area contributed by atoms with Crippen LogP contribution in [-0.4, -0.2) is 35.7 Å². The Labute approximate surface area is 182 Å². The predicted octanol–water partition coefficient (Wildman–Crippen LogP) is 3.42. The summed E-state index contributed by atoms with van der Waals surface area (Å²) in [6.45, 7) is 2.60. The minimum atomic E-state index is -0.963. The fourth-order valence-corrected chi connectivity index (χ4v) is 3.71. The van der Waals surface area contributed by atoms with Crippen molar-refractivity contribution in [3.8, 4) is 6.07 Å². The van der Waals surface area contributed by atoms with Crippen molar-refractivity contribution in [2.75, 3.05) is 17.2 Å². The molecule has 1 saturated carbocycles. The van der Waals surface area contributed by atoms with Crippen LogP contribution in [0.2, 0.25) is 0 Å². The molecule has 2 aromatic rings. The second-order valence-corrected chi connectivity index (χ2v) is 7.97. The van der Waals surface area contributed by atoms with E-state index < -0.39 is 11.5 Å². The SMILES string of the molecule is CC1CC(C#N)N(C(=O)C2(C(=O)Nc3ccccc3)CC2)C1.O=CNc1ccccc1. The van der Waals surface area contributed by atoms with Gasteiger partial charge in [0.2, 0.25) is 18.2 Å². The molecule has 0 aromatic heterocycles. The third kappa shape index (κ3) is 5.28. The van der Waals surface area contributed by atoms with Crippen LogP contribution in [0.15, 0.2) is 60.7 Å². The number of benzene rings is 2. The molecule has 2 unspecified atom stereocenters. The molecule has 2 atom stereocenters. The van der Waals surface area contributed by atoms with E-state index in [4.69, 9.17) is 0 Å². The fourth-order valence-electron chi connectivity index (χ4n) is 3.71. The molecule has 4 rings (SSSR count). The average molecular weight is 418 g/mol. The monoisotopic (exact) mass is 418 g/mol. The largest absolute Gasteiger partial charge is 0.329 e. The van der Waals surface area contributed by atoms with Gasteiger partial charge in [0.25, 0.3) is 0 Å². The van der Waals surface area contributed by atoms with E-state index in [1.807, 2.05) is 55.5 Å². The Bertz CT molecular complexity index is 952. The summed E-state index contributed by atoms with van der Waals surface area (Å²) in [6.07, 6.45) is 2.48. The summed E-state index contributed by atoms with van der Waals surface area (Å²) in [5.74, 6) is -0.127. The van der Waals surface area contributed by atoms with Crippen LogP contribution < -0.4 is 10.6 Å². The number of nitrogens with one attached hydrogen (secondary N) is 2. The molecule has 2 aliphatic rings. The number of rotatable bonds is 5. The molecule has 1 aliphatic heterocycles. The lowest BCUT2D eigenvalue weighted by atomic mass is 10.0. The Balaban J connectivity index is 0.000000254. The molecule has 3 amide bonds. The van der Waals surface area contributed by atoms with Gasteiger partial charge in [0.1, 0.15) is 11.5 Å². The smallest absolute Gasteiger partial charge is 0.240 e. The molecule has 7 nitrogen and oxygen atoms in total. The van der Waals surface area contributed by atoms with Crippen molar-refractivity contribution in [2.24, 2.45) is 11.3 Å². The number of carbonyl (C=O) groups is 3. The Morgan fingerprint density at radius 2 is 1.65 bits per heavy atom. The Morgan fingerprint density at radius 1 is 1.06 bits per heavy atom. The minimum absolute atomic E-state index is 0.183. The molecule has 1 saturated heterocycles. The van der Waals surface area contributed by atoms with Crippen molar-refractivity contribution in [3.05, 3.63) is 60.7 Å². The number of anilines is 2. The molecule has 7 heteroatoms. The summed E-state index contributed by atoms with van der Waals surface area (Å²) in [5, 5.41) is 14.6. The van der Waals surface area contributed by atoms with Gasteiger partial charge in [-0.3, -0.25) is 14.4 Å². The summed E-state index contributed by atoms with van der Waals surface area (Å²) in [7, 11) is 0. The van der Waals surface area contributed by atoms with Crippen molar-refractivity contribution in [2.45, 2.75) is 32.2 Å². The highest BCUT2D eigenvalue weighted by atomic mass is 16.2. The molecule has 2 aromatic carbocycles. The zero-order valence-corrected chi connectivity index (χ0v) is 17.5. The average Bonchev–Trinajstić information content (AvgIpc) is 3.52. The van der Waals surface area contributed by atoms with Crippen molar-refractivity contribution < 1.29 is 14.4 Å². The number of nitrogens with zero attached hydrogens (tertiary/aromatic N) is 2. The number of para-hydroxylation sites is 2. The van der Waals surface area contributed by atoms with Gasteiger partial charge < -0.3 is 15.5 Å². The van der Waals surface area contributed by atoms with Crippen molar-refractivity contribution >= 4 is 29.6 Å². The van der Waals surface area contributed by atoms with Gasteiger partial charge in [0, 0.05) is 17.9 Å². The third-order valence-electron chi connectivity index (χ3n) is 5.55. The lowest BCUT2D eigenvalue weighted by molar-refractivity contribution is -0.142. The molecular formula is C24H26N4O3. The van der Waals surface area contributed by atoms with Crippen LogP contribution in [0.25, 0.3) is 0 Å². The third-order valence-corrected chi connectivity index (χ3v) is 5.55. The maximum atomic E-state index is 12.8. The molecule has 0 bridgehead atoms. The highest BCUT2D eigenvalue weighted by molar-refractivity contribution is 6.13. The normalized spacial score (nSPS) is 20.5. The first-order chi connectivity index (χ1) is 15.0. The van der Waals surface area contributed by atoms with E-state index in [-0.39, 0.29) is 11.8 Å². The zero-order chi connectivity index (χ0) is 22.3. The predicted molar refractivity (Wildman–Crippen MR) is 118 cm³/mol.